The summed E-state index contributed by atoms with van der Waals surface area (Å²) < 4.78 is 38.5. The van der Waals surface area contributed by atoms with Crippen LogP contribution in [0, 0.1) is 0 Å². The van der Waals surface area contributed by atoms with Gasteiger partial charge in [-0.05, 0) is 36.4 Å². The van der Waals surface area contributed by atoms with Crippen LogP contribution in [0.2, 0.25) is 0 Å². The molecule has 7 nitrogen and oxygen atoms in total. The van der Waals surface area contributed by atoms with Crippen LogP contribution >= 0.6 is 0 Å². The number of rotatable bonds is 5. The summed E-state index contributed by atoms with van der Waals surface area (Å²) in [5.74, 6) is 0.147. The third kappa shape index (κ3) is 5.16. The average Bonchev–Trinajstić information content (AvgIpc) is 2.61. The summed E-state index contributed by atoms with van der Waals surface area (Å²) in [4.78, 5) is 15.3. The van der Waals surface area contributed by atoms with Gasteiger partial charge >= 0.3 is 6.18 Å². The molecule has 3 N–H and O–H groups in total. The molecule has 0 atom stereocenters. The van der Waals surface area contributed by atoms with Crippen LogP contribution in [-0.2, 0) is 11.0 Å². The monoisotopic (exact) mass is 388 g/mol. The lowest BCUT2D eigenvalue weighted by Crippen LogP contribution is -2.07. The predicted molar refractivity (Wildman–Crippen MR) is 98.6 cm³/mol. The Balaban J connectivity index is 1.75. The minimum absolute atomic E-state index is 0.136. The molecule has 0 aliphatic carbocycles. The van der Waals surface area contributed by atoms with E-state index in [2.05, 4.69) is 31.1 Å². The normalized spacial score (nSPS) is 11.0. The van der Waals surface area contributed by atoms with E-state index >= 15 is 0 Å². The van der Waals surface area contributed by atoms with Crippen molar-refractivity contribution in [2.45, 2.75) is 13.1 Å². The van der Waals surface area contributed by atoms with Gasteiger partial charge in [-0.1, -0.05) is 12.1 Å². The van der Waals surface area contributed by atoms with E-state index in [1.165, 1.54) is 25.3 Å². The van der Waals surface area contributed by atoms with E-state index in [9.17, 15) is 18.0 Å². The summed E-state index contributed by atoms with van der Waals surface area (Å²) in [7, 11) is 0. The number of hydrogen-bond acceptors (Lipinski definition) is 6. The van der Waals surface area contributed by atoms with E-state index in [0.29, 0.717) is 11.4 Å². The first-order chi connectivity index (χ1) is 13.3. The Morgan fingerprint density at radius 2 is 1.64 bits per heavy atom. The van der Waals surface area contributed by atoms with Gasteiger partial charge in [-0.25, -0.2) is 0 Å². The van der Waals surface area contributed by atoms with Gasteiger partial charge in [0, 0.05) is 24.0 Å². The molecule has 2 aromatic carbocycles. The van der Waals surface area contributed by atoms with Crippen LogP contribution in [0.5, 0.6) is 0 Å². The number of alkyl halides is 3. The second-order valence-electron chi connectivity index (χ2n) is 5.76. The number of halogens is 3. The SMILES string of the molecule is CC(=O)Nc1cccc(Nc2nncc(Nc3cccc(C(F)(F)F)c3)n2)c1. The first kappa shape index (κ1) is 19.1. The number of nitrogens with one attached hydrogen (secondary N) is 3. The molecule has 0 radical (unpaired) electrons. The second-order valence-corrected chi connectivity index (χ2v) is 5.76. The highest BCUT2D eigenvalue weighted by Gasteiger charge is 2.30. The first-order valence-electron chi connectivity index (χ1n) is 8.08. The van der Waals surface area contributed by atoms with E-state index in [-0.39, 0.29) is 23.4 Å². The van der Waals surface area contributed by atoms with Gasteiger partial charge in [0.25, 0.3) is 0 Å². The molecule has 0 aliphatic rings. The van der Waals surface area contributed by atoms with Gasteiger partial charge in [-0.2, -0.15) is 23.3 Å². The minimum Gasteiger partial charge on any atom is -0.339 e. The highest BCUT2D eigenvalue weighted by molar-refractivity contribution is 5.89. The van der Waals surface area contributed by atoms with Crippen molar-refractivity contribution in [2.24, 2.45) is 0 Å². The molecule has 28 heavy (non-hydrogen) atoms. The molecule has 0 saturated carbocycles. The van der Waals surface area contributed by atoms with E-state index in [1.807, 2.05) is 0 Å². The quantitative estimate of drug-likeness (QED) is 0.602. The Kier molecular flexibility index (Phi) is 5.39. The standard InChI is InChI=1S/C18H15F3N6O/c1-11(28)23-14-6-3-7-15(9-14)25-17-26-16(10-22-27-17)24-13-5-2-4-12(8-13)18(19,20)21/h2-10H,1H3,(H,23,28)(H2,24,25,26,27). The van der Waals surface area contributed by atoms with Crippen molar-refractivity contribution in [1.82, 2.24) is 15.2 Å². The van der Waals surface area contributed by atoms with Crippen molar-refractivity contribution in [2.75, 3.05) is 16.0 Å². The van der Waals surface area contributed by atoms with E-state index in [0.717, 1.165) is 12.1 Å². The molecule has 0 saturated heterocycles. The Hall–Kier alpha value is -3.69. The Bertz CT molecular complexity index is 993. The number of nitrogens with zero attached hydrogens (tertiary/aromatic N) is 3. The van der Waals surface area contributed by atoms with Crippen LogP contribution in [0.15, 0.2) is 54.7 Å². The molecular weight excluding hydrogens is 373 g/mol. The summed E-state index contributed by atoms with van der Waals surface area (Å²) in [5, 5.41) is 16.0. The zero-order chi connectivity index (χ0) is 20.1. The Morgan fingerprint density at radius 1 is 0.964 bits per heavy atom. The largest absolute Gasteiger partial charge is 0.416 e. The predicted octanol–water partition coefficient (Wildman–Crippen LogP) is 4.34. The number of aromatic nitrogens is 3. The maximum Gasteiger partial charge on any atom is 0.416 e. The lowest BCUT2D eigenvalue weighted by atomic mass is 10.2. The average molecular weight is 388 g/mol. The highest BCUT2D eigenvalue weighted by atomic mass is 19.4. The van der Waals surface area contributed by atoms with Gasteiger partial charge in [-0.3, -0.25) is 4.79 Å². The molecule has 1 heterocycles. The molecular formula is C18H15F3N6O. The fourth-order valence-electron chi connectivity index (χ4n) is 2.34. The highest BCUT2D eigenvalue weighted by Crippen LogP contribution is 2.31. The maximum absolute atomic E-state index is 12.8. The van der Waals surface area contributed by atoms with Crippen molar-refractivity contribution >= 4 is 34.7 Å². The molecule has 0 bridgehead atoms. The van der Waals surface area contributed by atoms with Crippen molar-refractivity contribution in [3.63, 3.8) is 0 Å². The maximum atomic E-state index is 12.8. The lowest BCUT2D eigenvalue weighted by molar-refractivity contribution is -0.137. The zero-order valence-corrected chi connectivity index (χ0v) is 14.6. The van der Waals surface area contributed by atoms with Gasteiger partial charge in [0.05, 0.1) is 11.8 Å². The summed E-state index contributed by atoms with van der Waals surface area (Å²) in [5.41, 5.74) is 0.634. The number of carbonyl (C=O) groups is 1. The van der Waals surface area contributed by atoms with Gasteiger partial charge in [0.15, 0.2) is 5.82 Å². The van der Waals surface area contributed by atoms with Crippen LogP contribution < -0.4 is 16.0 Å². The summed E-state index contributed by atoms with van der Waals surface area (Å²) in [6.45, 7) is 1.40. The van der Waals surface area contributed by atoms with Gasteiger partial charge in [0.2, 0.25) is 11.9 Å². The molecule has 3 rings (SSSR count). The fourth-order valence-corrected chi connectivity index (χ4v) is 2.34. The molecule has 0 fully saturated rings. The summed E-state index contributed by atoms with van der Waals surface area (Å²) in [6, 6.07) is 11.6. The fraction of sp³-hybridized carbons (Fsp3) is 0.111. The number of benzene rings is 2. The Morgan fingerprint density at radius 3 is 2.36 bits per heavy atom. The van der Waals surface area contributed by atoms with Crippen molar-refractivity contribution in [3.05, 3.63) is 60.3 Å². The summed E-state index contributed by atoms with van der Waals surface area (Å²) in [6.07, 6.45) is -3.15. The Labute approximate surface area is 158 Å². The lowest BCUT2D eigenvalue weighted by Gasteiger charge is -2.11. The van der Waals surface area contributed by atoms with Crippen LogP contribution in [-0.4, -0.2) is 21.1 Å². The number of hydrogen-bond donors (Lipinski definition) is 3. The minimum atomic E-state index is -4.44. The van der Waals surface area contributed by atoms with Crippen LogP contribution in [0.25, 0.3) is 0 Å². The third-order valence-electron chi connectivity index (χ3n) is 3.46. The molecule has 10 heteroatoms. The van der Waals surface area contributed by atoms with E-state index in [4.69, 9.17) is 0 Å². The van der Waals surface area contributed by atoms with Gasteiger partial charge in [-0.15, -0.1) is 5.10 Å². The third-order valence-corrected chi connectivity index (χ3v) is 3.46. The summed E-state index contributed by atoms with van der Waals surface area (Å²) >= 11 is 0. The molecule has 1 aromatic heterocycles. The molecule has 0 spiro atoms. The topological polar surface area (TPSA) is 91.8 Å². The number of carbonyl (C=O) groups excluding carboxylic acids is 1. The molecule has 144 valence electrons. The molecule has 0 aliphatic heterocycles. The van der Waals surface area contributed by atoms with Crippen molar-refractivity contribution < 1.29 is 18.0 Å². The van der Waals surface area contributed by atoms with Gasteiger partial charge in [0.1, 0.15) is 0 Å². The van der Waals surface area contributed by atoms with Crippen molar-refractivity contribution in [3.8, 4) is 0 Å². The van der Waals surface area contributed by atoms with Crippen LogP contribution in [0.4, 0.5) is 42.0 Å². The van der Waals surface area contributed by atoms with E-state index < -0.39 is 11.7 Å². The first-order valence-corrected chi connectivity index (χ1v) is 8.08. The second kappa shape index (κ2) is 7.91. The van der Waals surface area contributed by atoms with Gasteiger partial charge < -0.3 is 16.0 Å². The molecule has 1 amide bonds. The smallest absolute Gasteiger partial charge is 0.339 e. The number of amides is 1. The van der Waals surface area contributed by atoms with Crippen LogP contribution in [0.1, 0.15) is 12.5 Å². The molecule has 0 unspecified atom stereocenters. The van der Waals surface area contributed by atoms with E-state index in [1.54, 1.807) is 24.3 Å². The van der Waals surface area contributed by atoms with Crippen molar-refractivity contribution in [1.29, 1.82) is 0 Å². The zero-order valence-electron chi connectivity index (χ0n) is 14.6. The number of anilines is 5. The molecule has 3 aromatic rings. The van der Waals surface area contributed by atoms with Crippen LogP contribution in [0.3, 0.4) is 0 Å².